The van der Waals surface area contributed by atoms with Crippen LogP contribution in [0.1, 0.15) is 36.7 Å². The quantitative estimate of drug-likeness (QED) is 0.641. The van der Waals surface area contributed by atoms with Gasteiger partial charge >= 0.3 is 12.3 Å². The van der Waals surface area contributed by atoms with E-state index < -0.39 is 29.0 Å². The van der Waals surface area contributed by atoms with Gasteiger partial charge in [-0.2, -0.15) is 13.2 Å². The van der Waals surface area contributed by atoms with Crippen molar-refractivity contribution in [1.82, 2.24) is 4.57 Å². The number of fused-ring (bicyclic) bond motifs is 1. The summed E-state index contributed by atoms with van der Waals surface area (Å²) in [6.07, 6.45) is -4.23. The molecule has 1 aromatic heterocycles. The van der Waals surface area contributed by atoms with Crippen LogP contribution in [0, 0.1) is 0 Å². The Morgan fingerprint density at radius 3 is 2.39 bits per heavy atom. The smallest absolute Gasteiger partial charge is 0.419 e. The molecule has 23 heavy (non-hydrogen) atoms. The van der Waals surface area contributed by atoms with E-state index in [-0.39, 0.29) is 16.3 Å². The Morgan fingerprint density at radius 1 is 1.30 bits per heavy atom. The Labute approximate surface area is 138 Å². The lowest BCUT2D eigenvalue weighted by Gasteiger charge is -2.20. The van der Waals surface area contributed by atoms with Crippen molar-refractivity contribution < 1.29 is 27.5 Å². The number of halogens is 4. The van der Waals surface area contributed by atoms with Crippen molar-refractivity contribution in [2.24, 2.45) is 0 Å². The minimum absolute atomic E-state index is 0.0940. The zero-order valence-corrected chi connectivity index (χ0v) is 14.1. The zero-order valence-electron chi connectivity index (χ0n) is 12.5. The molecular weight excluding hydrogens is 379 g/mol. The van der Waals surface area contributed by atoms with Crippen LogP contribution in [0.3, 0.4) is 0 Å². The fourth-order valence-electron chi connectivity index (χ4n) is 2.17. The number of rotatable bonds is 1. The fourth-order valence-corrected chi connectivity index (χ4v) is 2.86. The Hall–Kier alpha value is -1.83. The van der Waals surface area contributed by atoms with Gasteiger partial charge in [-0.3, -0.25) is 9.36 Å². The van der Waals surface area contributed by atoms with Crippen molar-refractivity contribution in [1.29, 1.82) is 0 Å². The van der Waals surface area contributed by atoms with Gasteiger partial charge in [0, 0.05) is 16.1 Å². The largest absolute Gasteiger partial charge is 0.443 e. The minimum Gasteiger partial charge on any atom is -0.443 e. The maximum absolute atomic E-state index is 13.2. The lowest BCUT2D eigenvalue weighted by molar-refractivity contribution is -0.138. The molecule has 0 aliphatic heterocycles. The van der Waals surface area contributed by atoms with Gasteiger partial charge in [0.1, 0.15) is 5.60 Å². The predicted octanol–water partition coefficient (Wildman–Crippen LogP) is 5.02. The van der Waals surface area contributed by atoms with Gasteiger partial charge in [0.25, 0.3) is 0 Å². The van der Waals surface area contributed by atoms with Crippen molar-refractivity contribution in [3.05, 3.63) is 33.9 Å². The first kappa shape index (κ1) is 17.5. The molecule has 1 heterocycles. The lowest BCUT2D eigenvalue weighted by atomic mass is 10.0. The van der Waals surface area contributed by atoms with E-state index >= 15 is 0 Å². The van der Waals surface area contributed by atoms with Crippen LogP contribution < -0.4 is 0 Å². The molecule has 2 rings (SSSR count). The van der Waals surface area contributed by atoms with Crippen LogP contribution in [0.25, 0.3) is 10.9 Å². The van der Waals surface area contributed by atoms with Crippen LogP contribution in [0.5, 0.6) is 0 Å². The van der Waals surface area contributed by atoms with Gasteiger partial charge in [-0.1, -0.05) is 15.9 Å². The van der Waals surface area contributed by atoms with Gasteiger partial charge in [0.15, 0.2) is 6.29 Å². The van der Waals surface area contributed by atoms with Crippen LogP contribution in [-0.4, -0.2) is 22.5 Å². The Kier molecular flexibility index (Phi) is 4.32. The summed E-state index contributed by atoms with van der Waals surface area (Å²) in [5.41, 5.74) is -2.69. The number of aldehydes is 1. The third-order valence-electron chi connectivity index (χ3n) is 2.95. The number of carbonyl (C=O) groups excluding carboxylic acids is 2. The second kappa shape index (κ2) is 5.67. The highest BCUT2D eigenvalue weighted by atomic mass is 79.9. The van der Waals surface area contributed by atoms with E-state index in [0.29, 0.717) is 5.39 Å². The SMILES string of the molecule is CC(C)(C)OC(=O)n1ccc2cc(Br)c(C(F)(F)F)c(C=O)c21. The summed E-state index contributed by atoms with van der Waals surface area (Å²) in [7, 11) is 0. The highest BCUT2D eigenvalue weighted by Crippen LogP contribution is 2.40. The van der Waals surface area contributed by atoms with Crippen LogP contribution >= 0.6 is 15.9 Å². The molecule has 0 spiro atoms. The Bertz CT molecular complexity index is 788. The minimum atomic E-state index is -4.74. The normalized spacial score (nSPS) is 12.5. The second-order valence-electron chi connectivity index (χ2n) is 5.87. The molecule has 0 amide bonds. The molecule has 0 fully saturated rings. The lowest BCUT2D eigenvalue weighted by Crippen LogP contribution is -2.27. The summed E-state index contributed by atoms with van der Waals surface area (Å²) in [6.45, 7) is 4.90. The average molecular weight is 392 g/mol. The molecule has 0 radical (unpaired) electrons. The van der Waals surface area contributed by atoms with E-state index in [0.717, 1.165) is 4.57 Å². The monoisotopic (exact) mass is 391 g/mol. The highest BCUT2D eigenvalue weighted by molar-refractivity contribution is 9.10. The molecule has 1 aromatic carbocycles. The average Bonchev–Trinajstić information content (AvgIpc) is 2.76. The number of alkyl halides is 3. The van der Waals surface area contributed by atoms with E-state index in [1.165, 1.54) is 18.3 Å². The maximum Gasteiger partial charge on any atom is 0.419 e. The first-order valence-corrected chi connectivity index (χ1v) is 7.34. The third kappa shape index (κ3) is 3.41. The maximum atomic E-state index is 13.2. The molecule has 124 valence electrons. The van der Waals surface area contributed by atoms with Gasteiger partial charge in [0.2, 0.25) is 0 Å². The topological polar surface area (TPSA) is 48.3 Å². The number of benzene rings is 1. The van der Waals surface area contributed by atoms with Gasteiger partial charge in [-0.15, -0.1) is 0 Å². The molecule has 0 unspecified atom stereocenters. The van der Waals surface area contributed by atoms with Crippen molar-refractivity contribution in [2.75, 3.05) is 0 Å². The fraction of sp³-hybridized carbons (Fsp3) is 0.333. The van der Waals surface area contributed by atoms with Crippen molar-refractivity contribution in [3.8, 4) is 0 Å². The van der Waals surface area contributed by atoms with Crippen molar-refractivity contribution in [3.63, 3.8) is 0 Å². The Balaban J connectivity index is 2.76. The summed E-state index contributed by atoms with van der Waals surface area (Å²) < 4.78 is 45.5. The highest BCUT2D eigenvalue weighted by Gasteiger charge is 2.37. The molecule has 0 bridgehead atoms. The molecule has 8 heteroatoms. The van der Waals surface area contributed by atoms with Crippen LogP contribution in [0.4, 0.5) is 18.0 Å². The van der Waals surface area contributed by atoms with Gasteiger partial charge < -0.3 is 4.74 Å². The second-order valence-corrected chi connectivity index (χ2v) is 6.72. The zero-order chi connectivity index (χ0) is 17.6. The molecule has 0 saturated carbocycles. The number of hydrogen-bond acceptors (Lipinski definition) is 3. The van der Waals surface area contributed by atoms with E-state index in [4.69, 9.17) is 4.74 Å². The molecule has 0 atom stereocenters. The van der Waals surface area contributed by atoms with Crippen molar-refractivity contribution >= 4 is 39.2 Å². The first-order valence-electron chi connectivity index (χ1n) is 6.55. The number of carbonyl (C=O) groups is 2. The number of aromatic nitrogens is 1. The number of nitrogens with zero attached hydrogens (tertiary/aromatic N) is 1. The first-order chi connectivity index (χ1) is 10.5. The van der Waals surface area contributed by atoms with Gasteiger partial charge in [0.05, 0.1) is 16.6 Å². The predicted molar refractivity (Wildman–Crippen MR) is 81.7 cm³/mol. The van der Waals surface area contributed by atoms with E-state index in [2.05, 4.69) is 15.9 Å². The van der Waals surface area contributed by atoms with E-state index in [1.807, 2.05) is 0 Å². The summed E-state index contributed by atoms with van der Waals surface area (Å²) >= 11 is 2.84. The van der Waals surface area contributed by atoms with E-state index in [9.17, 15) is 22.8 Å². The standard InChI is InChI=1S/C15H13BrF3NO3/c1-14(2,3)23-13(22)20-5-4-8-6-10(16)11(15(17,18)19)9(7-21)12(8)20/h4-7H,1-3H3. The number of ether oxygens (including phenoxy) is 1. The third-order valence-corrected chi connectivity index (χ3v) is 3.58. The van der Waals surface area contributed by atoms with Gasteiger partial charge in [-0.05, 0) is 32.9 Å². The molecule has 2 aromatic rings. The molecule has 0 N–H and O–H groups in total. The molecule has 0 saturated heterocycles. The molecule has 0 aliphatic rings. The van der Waals surface area contributed by atoms with Crippen LogP contribution in [0.15, 0.2) is 22.8 Å². The summed E-state index contributed by atoms with van der Waals surface area (Å²) in [5, 5.41) is 0.317. The van der Waals surface area contributed by atoms with Crippen LogP contribution in [0.2, 0.25) is 0 Å². The van der Waals surface area contributed by atoms with Gasteiger partial charge in [-0.25, -0.2) is 4.79 Å². The summed E-state index contributed by atoms with van der Waals surface area (Å²) in [6, 6.07) is 2.66. The summed E-state index contributed by atoms with van der Waals surface area (Å²) in [4.78, 5) is 23.5. The molecule has 0 aliphatic carbocycles. The molecule has 4 nitrogen and oxygen atoms in total. The van der Waals surface area contributed by atoms with Crippen LogP contribution in [-0.2, 0) is 10.9 Å². The summed E-state index contributed by atoms with van der Waals surface area (Å²) in [5.74, 6) is 0. The number of hydrogen-bond donors (Lipinski definition) is 0. The van der Waals surface area contributed by atoms with E-state index in [1.54, 1.807) is 20.8 Å². The Morgan fingerprint density at radius 2 is 1.91 bits per heavy atom. The van der Waals surface area contributed by atoms with Crippen molar-refractivity contribution in [2.45, 2.75) is 32.5 Å². The molecular formula is C15H13BrF3NO3.